The van der Waals surface area contributed by atoms with Gasteiger partial charge in [0.25, 0.3) is 0 Å². The molecule has 2 fully saturated rings. The minimum atomic E-state index is -1.04. The molecular formula is C12H16O5. The Morgan fingerprint density at radius 2 is 1.47 bits per heavy atom. The van der Waals surface area contributed by atoms with E-state index >= 15 is 0 Å². The quantitative estimate of drug-likeness (QED) is 0.552. The summed E-state index contributed by atoms with van der Waals surface area (Å²) >= 11 is 0. The van der Waals surface area contributed by atoms with Gasteiger partial charge in [-0.05, 0) is 40.0 Å². The van der Waals surface area contributed by atoms with Gasteiger partial charge >= 0.3 is 17.9 Å². The first-order valence-electron chi connectivity index (χ1n) is 5.62. The number of esters is 2. The monoisotopic (exact) mass is 240 g/mol. The van der Waals surface area contributed by atoms with Crippen LogP contribution in [0.4, 0.5) is 0 Å². The van der Waals surface area contributed by atoms with Crippen LogP contribution in [0.15, 0.2) is 0 Å². The Morgan fingerprint density at radius 3 is 1.82 bits per heavy atom. The molecule has 3 atom stereocenters. The highest BCUT2D eigenvalue weighted by Gasteiger charge is 2.62. The summed E-state index contributed by atoms with van der Waals surface area (Å²) in [5, 5.41) is 9.29. The van der Waals surface area contributed by atoms with Gasteiger partial charge in [0.15, 0.2) is 0 Å². The molecular weight excluding hydrogens is 224 g/mol. The number of hydrogen-bond acceptors (Lipinski definition) is 4. The lowest BCUT2D eigenvalue weighted by Gasteiger charge is -2.51. The molecule has 0 aromatic rings. The van der Waals surface area contributed by atoms with Crippen LogP contribution in [0.25, 0.3) is 0 Å². The van der Waals surface area contributed by atoms with Crippen molar-refractivity contribution >= 4 is 17.9 Å². The smallest absolute Gasteiger partial charge is 0.319 e. The van der Waals surface area contributed by atoms with Crippen LogP contribution >= 0.6 is 0 Å². The first-order chi connectivity index (χ1) is 7.61. The minimum Gasteiger partial charge on any atom is -0.481 e. The molecule has 1 N–H and O–H groups in total. The topological polar surface area (TPSA) is 80.7 Å². The Hall–Kier alpha value is -1.39. The Balaban J connectivity index is 2.48. The number of carboxylic acid groups (broad SMARTS) is 1. The van der Waals surface area contributed by atoms with Crippen LogP contribution in [-0.4, -0.2) is 23.0 Å². The summed E-state index contributed by atoms with van der Waals surface area (Å²) in [6.07, 6.45) is 0.814. The maximum absolute atomic E-state index is 11.8. The predicted octanol–water partition coefficient (Wildman–Crippen LogP) is 1.36. The molecule has 1 saturated carbocycles. The van der Waals surface area contributed by atoms with E-state index in [0.29, 0.717) is 6.42 Å². The molecule has 1 unspecified atom stereocenters. The second-order valence-electron chi connectivity index (χ2n) is 6.19. The van der Waals surface area contributed by atoms with Gasteiger partial charge < -0.3 is 9.84 Å². The highest BCUT2D eigenvalue weighted by atomic mass is 16.6. The first-order valence-corrected chi connectivity index (χ1v) is 5.62. The maximum Gasteiger partial charge on any atom is 0.319 e. The standard InChI is InChI=1S/C12H16O5/c1-10(7(13)14)4-11(2)6-12(3,5-10)9(16)17-8(11)15/h4-6H2,1-3H3,(H,13,14)/t10?,11-,12+. The highest BCUT2D eigenvalue weighted by molar-refractivity contribution is 5.96. The molecule has 0 radical (unpaired) electrons. The lowest BCUT2D eigenvalue weighted by atomic mass is 9.53. The number of carboxylic acids is 1. The van der Waals surface area contributed by atoms with Crippen molar-refractivity contribution in [2.45, 2.75) is 40.0 Å². The van der Waals surface area contributed by atoms with E-state index in [1.165, 1.54) is 0 Å². The molecule has 94 valence electrons. The van der Waals surface area contributed by atoms with E-state index in [4.69, 9.17) is 4.74 Å². The van der Waals surface area contributed by atoms with E-state index in [-0.39, 0.29) is 12.8 Å². The fourth-order valence-electron chi connectivity index (χ4n) is 3.54. The second kappa shape index (κ2) is 3.09. The van der Waals surface area contributed by atoms with Gasteiger partial charge in [0.05, 0.1) is 16.2 Å². The summed E-state index contributed by atoms with van der Waals surface area (Å²) in [6.45, 7) is 4.96. The van der Waals surface area contributed by atoms with E-state index in [1.54, 1.807) is 20.8 Å². The zero-order valence-electron chi connectivity index (χ0n) is 10.2. The Kier molecular flexibility index (Phi) is 2.19. The van der Waals surface area contributed by atoms with Crippen molar-refractivity contribution in [2.75, 3.05) is 0 Å². The summed E-state index contributed by atoms with van der Waals surface area (Å²) in [5.41, 5.74) is -2.78. The van der Waals surface area contributed by atoms with Crippen molar-refractivity contribution in [1.29, 1.82) is 0 Å². The molecule has 5 heteroatoms. The van der Waals surface area contributed by atoms with E-state index < -0.39 is 34.2 Å². The van der Waals surface area contributed by atoms with E-state index in [9.17, 15) is 19.5 Å². The molecule has 2 rings (SSSR count). The molecule has 0 amide bonds. The number of aliphatic carboxylic acids is 1. The third kappa shape index (κ3) is 1.56. The number of ether oxygens (including phenoxy) is 1. The molecule has 1 aliphatic carbocycles. The number of carbonyl (C=O) groups is 3. The number of rotatable bonds is 1. The number of fused-ring (bicyclic) bond motifs is 2. The van der Waals surface area contributed by atoms with Crippen molar-refractivity contribution in [1.82, 2.24) is 0 Å². The van der Waals surface area contributed by atoms with Crippen LogP contribution in [0.5, 0.6) is 0 Å². The van der Waals surface area contributed by atoms with Crippen LogP contribution in [0.2, 0.25) is 0 Å². The van der Waals surface area contributed by atoms with Gasteiger partial charge in [0, 0.05) is 0 Å². The normalized spacial score (nSPS) is 45.4. The predicted molar refractivity (Wildman–Crippen MR) is 56.9 cm³/mol. The molecule has 2 bridgehead atoms. The summed E-state index contributed by atoms with van der Waals surface area (Å²) in [4.78, 5) is 34.8. The van der Waals surface area contributed by atoms with E-state index in [2.05, 4.69) is 0 Å². The molecule has 1 saturated heterocycles. The molecule has 17 heavy (non-hydrogen) atoms. The van der Waals surface area contributed by atoms with Gasteiger partial charge in [-0.1, -0.05) is 0 Å². The van der Waals surface area contributed by atoms with Crippen molar-refractivity contribution in [3.63, 3.8) is 0 Å². The van der Waals surface area contributed by atoms with Crippen LogP contribution in [-0.2, 0) is 19.1 Å². The van der Waals surface area contributed by atoms with Gasteiger partial charge in [-0.2, -0.15) is 0 Å². The van der Waals surface area contributed by atoms with Gasteiger partial charge in [-0.3, -0.25) is 14.4 Å². The lowest BCUT2D eigenvalue weighted by Crippen LogP contribution is -2.57. The molecule has 0 spiro atoms. The lowest BCUT2D eigenvalue weighted by molar-refractivity contribution is -0.199. The summed E-state index contributed by atoms with van der Waals surface area (Å²) in [5.74, 6) is -2.14. The van der Waals surface area contributed by atoms with Gasteiger partial charge in [0.1, 0.15) is 0 Å². The largest absolute Gasteiger partial charge is 0.481 e. The average Bonchev–Trinajstić information content (AvgIpc) is 2.13. The first kappa shape index (κ1) is 12.1. The van der Waals surface area contributed by atoms with Gasteiger partial charge in [-0.25, -0.2) is 0 Å². The number of hydrogen-bond donors (Lipinski definition) is 1. The summed E-state index contributed by atoms with van der Waals surface area (Å²) in [7, 11) is 0. The van der Waals surface area contributed by atoms with Crippen LogP contribution in [0.1, 0.15) is 40.0 Å². The Labute approximate surface area is 99.1 Å². The maximum atomic E-state index is 11.8. The fraction of sp³-hybridized carbons (Fsp3) is 0.750. The van der Waals surface area contributed by atoms with Crippen molar-refractivity contribution in [3.05, 3.63) is 0 Å². The summed E-state index contributed by atoms with van der Waals surface area (Å²) in [6, 6.07) is 0. The fourth-order valence-corrected chi connectivity index (χ4v) is 3.54. The van der Waals surface area contributed by atoms with Crippen LogP contribution in [0, 0.1) is 16.2 Å². The third-order valence-corrected chi connectivity index (χ3v) is 4.03. The Morgan fingerprint density at radius 1 is 1.06 bits per heavy atom. The zero-order chi connectivity index (χ0) is 13.1. The van der Waals surface area contributed by atoms with Crippen molar-refractivity contribution in [2.24, 2.45) is 16.2 Å². The molecule has 1 heterocycles. The molecule has 2 aliphatic rings. The average molecular weight is 240 g/mol. The molecule has 5 nitrogen and oxygen atoms in total. The zero-order valence-corrected chi connectivity index (χ0v) is 10.2. The number of carbonyl (C=O) groups excluding carboxylic acids is 2. The van der Waals surface area contributed by atoms with E-state index in [0.717, 1.165) is 0 Å². The van der Waals surface area contributed by atoms with Crippen molar-refractivity contribution in [3.8, 4) is 0 Å². The Bertz CT molecular complexity index is 395. The van der Waals surface area contributed by atoms with Gasteiger partial charge in [0.2, 0.25) is 0 Å². The second-order valence-corrected chi connectivity index (χ2v) is 6.19. The molecule has 0 aromatic carbocycles. The van der Waals surface area contributed by atoms with E-state index in [1.807, 2.05) is 0 Å². The van der Waals surface area contributed by atoms with Crippen molar-refractivity contribution < 1.29 is 24.2 Å². The third-order valence-electron chi connectivity index (χ3n) is 4.03. The highest BCUT2D eigenvalue weighted by Crippen LogP contribution is 2.57. The molecule has 0 aromatic heterocycles. The summed E-state index contributed by atoms with van der Waals surface area (Å²) < 4.78 is 4.76. The SMILES string of the molecule is CC1(C(=O)O)C[C@@]2(C)C[C@@](C)(C1)C(=O)OC2=O. The minimum absolute atomic E-state index is 0.219. The van der Waals surface area contributed by atoms with Crippen LogP contribution < -0.4 is 0 Å². The molecule has 1 aliphatic heterocycles. The van der Waals surface area contributed by atoms with Crippen LogP contribution in [0.3, 0.4) is 0 Å². The number of cyclic esters (lactones) is 2. The van der Waals surface area contributed by atoms with Gasteiger partial charge in [-0.15, -0.1) is 0 Å².